The van der Waals surface area contributed by atoms with Crippen molar-refractivity contribution in [3.63, 3.8) is 0 Å². The molecule has 0 bridgehead atoms. The second kappa shape index (κ2) is 15.5. The second-order valence-electron chi connectivity index (χ2n) is 19.4. The molecule has 9 rings (SSSR count). The number of likely N-dealkylation sites (tertiary alicyclic amines) is 1. The van der Waals surface area contributed by atoms with Crippen molar-refractivity contribution in [2.45, 2.75) is 171 Å². The average Bonchev–Trinajstić information content (AvgIpc) is 3.90. The smallest absolute Gasteiger partial charge is 0.187 e. The van der Waals surface area contributed by atoms with Crippen LogP contribution in [0, 0.1) is 35.0 Å². The summed E-state index contributed by atoms with van der Waals surface area (Å²) in [5.74, 6) is 2.51. The van der Waals surface area contributed by atoms with Crippen LogP contribution in [0.4, 0.5) is 0 Å². The van der Waals surface area contributed by atoms with Crippen molar-refractivity contribution < 1.29 is 59.8 Å². The molecule has 20 atom stereocenters. The van der Waals surface area contributed by atoms with Crippen LogP contribution in [0.15, 0.2) is 29.0 Å². The Labute approximate surface area is 339 Å². The number of hydrogen-bond acceptors (Lipinski definition) is 15. The van der Waals surface area contributed by atoms with Gasteiger partial charge in [0.15, 0.2) is 12.5 Å². The highest BCUT2D eigenvalue weighted by molar-refractivity contribution is 5.38. The number of ether oxygens (including phenoxy) is 4. The molecule has 324 valence electrons. The molecule has 4 aliphatic carbocycles. The van der Waals surface area contributed by atoms with Gasteiger partial charge in [0.1, 0.15) is 48.8 Å². The number of rotatable bonds is 7. The van der Waals surface area contributed by atoms with E-state index in [0.717, 1.165) is 57.9 Å². The van der Waals surface area contributed by atoms with Crippen LogP contribution in [-0.2, 0) is 25.5 Å². The summed E-state index contributed by atoms with van der Waals surface area (Å²) in [6.45, 7) is 9.50. The highest BCUT2D eigenvalue weighted by Gasteiger charge is 2.62. The Kier molecular flexibility index (Phi) is 11.1. The first-order valence-corrected chi connectivity index (χ1v) is 21.7. The van der Waals surface area contributed by atoms with E-state index in [2.05, 4.69) is 49.0 Å². The summed E-state index contributed by atoms with van der Waals surface area (Å²) in [6, 6.07) is 0.167. The van der Waals surface area contributed by atoms with Gasteiger partial charge in [-0.05, 0) is 93.0 Å². The Bertz CT molecular complexity index is 1740. The number of aliphatic hydroxyl groups is 8. The maximum absolute atomic E-state index is 11.3. The van der Waals surface area contributed by atoms with E-state index in [4.69, 9.17) is 18.9 Å². The van der Waals surface area contributed by atoms with Gasteiger partial charge in [0, 0.05) is 25.0 Å². The first-order chi connectivity index (χ1) is 27.7. The quantitative estimate of drug-likeness (QED) is 0.173. The van der Waals surface area contributed by atoms with Crippen molar-refractivity contribution in [2.75, 3.05) is 19.8 Å². The molecule has 0 radical (unpaired) electrons. The van der Waals surface area contributed by atoms with Gasteiger partial charge in [0.05, 0.1) is 42.9 Å². The van der Waals surface area contributed by atoms with Crippen molar-refractivity contribution in [1.82, 2.24) is 19.9 Å². The van der Waals surface area contributed by atoms with Gasteiger partial charge in [-0.15, -0.1) is 5.10 Å². The van der Waals surface area contributed by atoms with Crippen molar-refractivity contribution in [2.24, 2.45) is 35.0 Å². The molecule has 2 saturated carbocycles. The minimum absolute atomic E-state index is 0.0692. The van der Waals surface area contributed by atoms with Gasteiger partial charge >= 0.3 is 0 Å². The lowest BCUT2D eigenvalue weighted by atomic mass is 9.56. The minimum atomic E-state index is -1.75. The Hall–Kier alpha value is -1.90. The van der Waals surface area contributed by atoms with Gasteiger partial charge < -0.3 is 59.8 Å². The Balaban J connectivity index is 0.899. The molecule has 5 heterocycles. The molecule has 16 nitrogen and oxygen atoms in total. The second-order valence-corrected chi connectivity index (χ2v) is 19.4. The molecular formula is C42H64N4O12. The molecule has 8 N–H and O–H groups in total. The third kappa shape index (κ3) is 6.51. The first kappa shape index (κ1) is 41.5. The monoisotopic (exact) mass is 816 g/mol. The van der Waals surface area contributed by atoms with E-state index in [1.807, 2.05) is 0 Å². The van der Waals surface area contributed by atoms with Crippen molar-refractivity contribution in [3.05, 3.63) is 34.7 Å². The van der Waals surface area contributed by atoms with E-state index in [1.54, 1.807) is 11.8 Å². The SMILES string of the molecule is CC1=C2C[C@H]3[C@@H](CC=C4C[C@@H](O)CC[C@@]43C)[C@@H]2CC[C@]12O[C@@H]1C[C@H](C)CN(Cc3cn([C@@H]4OC(CO)[C@@H](O[C@@H]5OC(CO)[C@H](O)C(O)[C@@H]5O)C(O)[C@@H]4O)nn3)[C@H]1[C@H]2C. The van der Waals surface area contributed by atoms with Gasteiger partial charge in [-0.1, -0.05) is 43.2 Å². The minimum Gasteiger partial charge on any atom is -0.394 e. The van der Waals surface area contributed by atoms with Crippen molar-refractivity contribution >= 4 is 0 Å². The number of aliphatic hydroxyl groups excluding tert-OH is 8. The van der Waals surface area contributed by atoms with Crippen LogP contribution in [0.3, 0.4) is 0 Å². The largest absolute Gasteiger partial charge is 0.394 e. The molecule has 6 fully saturated rings. The lowest BCUT2D eigenvalue weighted by Gasteiger charge is -2.49. The molecular weight excluding hydrogens is 752 g/mol. The molecule has 4 saturated heterocycles. The summed E-state index contributed by atoms with van der Waals surface area (Å²) in [5, 5.41) is 92.4. The predicted molar refractivity (Wildman–Crippen MR) is 204 cm³/mol. The molecule has 0 aromatic carbocycles. The topological polar surface area (TPSA) is 233 Å². The zero-order chi connectivity index (χ0) is 41.0. The zero-order valence-electron chi connectivity index (χ0n) is 34.0. The molecule has 4 aliphatic heterocycles. The molecule has 1 spiro atoms. The van der Waals surface area contributed by atoms with Crippen molar-refractivity contribution in [3.8, 4) is 0 Å². The maximum atomic E-state index is 11.3. The highest BCUT2D eigenvalue weighted by atomic mass is 16.7. The summed E-state index contributed by atoms with van der Waals surface area (Å²) in [5.41, 5.74) is 5.06. The van der Waals surface area contributed by atoms with Crippen LogP contribution in [0.2, 0.25) is 0 Å². The summed E-state index contributed by atoms with van der Waals surface area (Å²) < 4.78 is 25.9. The van der Waals surface area contributed by atoms with E-state index in [0.29, 0.717) is 35.9 Å². The standard InChI is InChI=1S/C42H64N4O12/c1-19-11-29-32(21(3)42(58-29)10-8-25-26-6-5-22-12-24(49)7-9-41(22,4)28(26)13-27(25)20(42)2)45(14-19)15-23-16-46(44-43-23)39-36(53)35(52)38(31(18-48)55-39)57-40-37(54)34(51)33(50)30(17-47)56-40/h5,16,19,21,24-26,28-40,47-54H,6-15,17-18H2,1-4H3/t19-,21+,24-,25-,26-,28-,29+,30?,31?,32-,33-,34?,35?,36-,37-,38+,39+,40-,41-,42-/m0/s1. The fourth-order valence-electron chi connectivity index (χ4n) is 13.2. The maximum Gasteiger partial charge on any atom is 0.187 e. The molecule has 16 heteroatoms. The van der Waals surface area contributed by atoms with Crippen LogP contribution in [-0.4, -0.2) is 159 Å². The average molecular weight is 817 g/mol. The highest BCUT2D eigenvalue weighted by Crippen LogP contribution is 2.65. The van der Waals surface area contributed by atoms with E-state index in [1.165, 1.54) is 15.8 Å². The fraction of sp³-hybridized carbons (Fsp3) is 0.857. The molecule has 0 amide bonds. The Morgan fingerprint density at radius 1 is 0.914 bits per heavy atom. The van der Waals surface area contributed by atoms with E-state index in [9.17, 15) is 40.9 Å². The normalized spacial score (nSPS) is 50.7. The summed E-state index contributed by atoms with van der Waals surface area (Å²) in [7, 11) is 0. The molecule has 4 unspecified atom stereocenters. The van der Waals surface area contributed by atoms with Crippen LogP contribution in [0.5, 0.6) is 0 Å². The molecule has 1 aromatic heterocycles. The number of piperidine rings is 1. The molecule has 1 aromatic rings. The number of fused-ring (bicyclic) bond motifs is 6. The van der Waals surface area contributed by atoms with Gasteiger partial charge in [-0.2, -0.15) is 0 Å². The lowest BCUT2D eigenvalue weighted by Crippen LogP contribution is -2.63. The molecule has 8 aliphatic rings. The van der Waals surface area contributed by atoms with Crippen molar-refractivity contribution in [1.29, 1.82) is 0 Å². The predicted octanol–water partition coefficient (Wildman–Crippen LogP) is 0.303. The van der Waals surface area contributed by atoms with Crippen LogP contribution >= 0.6 is 0 Å². The summed E-state index contributed by atoms with van der Waals surface area (Å²) in [6.07, 6.45) is -2.86. The van der Waals surface area contributed by atoms with Gasteiger partial charge in [0.25, 0.3) is 0 Å². The van der Waals surface area contributed by atoms with Crippen LogP contribution in [0.1, 0.15) is 91.0 Å². The van der Waals surface area contributed by atoms with E-state index < -0.39 is 74.6 Å². The van der Waals surface area contributed by atoms with Crippen LogP contribution in [0.25, 0.3) is 0 Å². The Morgan fingerprint density at radius 2 is 1.69 bits per heavy atom. The van der Waals surface area contributed by atoms with E-state index in [-0.39, 0.29) is 35.2 Å². The van der Waals surface area contributed by atoms with Gasteiger partial charge in [-0.3, -0.25) is 4.90 Å². The number of nitrogens with zero attached hydrogens (tertiary/aromatic N) is 4. The molecule has 58 heavy (non-hydrogen) atoms. The summed E-state index contributed by atoms with van der Waals surface area (Å²) >= 11 is 0. The number of hydrogen-bond donors (Lipinski definition) is 8. The van der Waals surface area contributed by atoms with Gasteiger partial charge in [0.2, 0.25) is 0 Å². The third-order valence-corrected chi connectivity index (χ3v) is 16.3. The van der Waals surface area contributed by atoms with Crippen LogP contribution < -0.4 is 0 Å². The zero-order valence-corrected chi connectivity index (χ0v) is 34.0. The fourth-order valence-corrected chi connectivity index (χ4v) is 13.2. The number of allylic oxidation sites excluding steroid dienone is 2. The third-order valence-electron chi connectivity index (χ3n) is 16.3. The van der Waals surface area contributed by atoms with E-state index >= 15 is 0 Å². The summed E-state index contributed by atoms with van der Waals surface area (Å²) in [4.78, 5) is 2.48. The van der Waals surface area contributed by atoms with Gasteiger partial charge in [-0.25, -0.2) is 4.68 Å². The lowest BCUT2D eigenvalue weighted by molar-refractivity contribution is -0.347. The number of aromatic nitrogens is 3. The Morgan fingerprint density at radius 3 is 2.45 bits per heavy atom. The first-order valence-electron chi connectivity index (χ1n) is 21.7.